The maximum absolute atomic E-state index is 6.14. The zero-order valence-corrected chi connectivity index (χ0v) is 15.2. The number of guanidine groups is 1. The third-order valence-electron chi connectivity index (χ3n) is 4.31. The number of rotatable bonds is 3. The van der Waals surface area contributed by atoms with Gasteiger partial charge in [0.25, 0.3) is 0 Å². The van der Waals surface area contributed by atoms with E-state index in [-0.39, 0.29) is 0 Å². The molecule has 0 spiro atoms. The number of halogens is 1. The Morgan fingerprint density at radius 1 is 1.32 bits per heavy atom. The molecule has 0 amide bonds. The predicted octanol–water partition coefficient (Wildman–Crippen LogP) is 2.64. The van der Waals surface area contributed by atoms with E-state index >= 15 is 0 Å². The Bertz CT molecular complexity index is 531. The molecule has 2 aliphatic heterocycles. The highest BCUT2D eigenvalue weighted by Gasteiger charge is 2.23. The predicted molar refractivity (Wildman–Crippen MR) is 99.8 cm³/mol. The zero-order valence-electron chi connectivity index (χ0n) is 12.7. The third kappa shape index (κ3) is 4.10. The molecule has 2 N–H and O–H groups in total. The van der Waals surface area contributed by atoms with Crippen molar-refractivity contribution < 1.29 is 0 Å². The van der Waals surface area contributed by atoms with Gasteiger partial charge in [0.2, 0.25) is 0 Å². The van der Waals surface area contributed by atoms with Crippen molar-refractivity contribution in [1.82, 2.24) is 4.90 Å². The van der Waals surface area contributed by atoms with Gasteiger partial charge in [-0.2, -0.15) is 11.8 Å². The van der Waals surface area contributed by atoms with Crippen LogP contribution < -0.4 is 10.6 Å². The highest BCUT2D eigenvalue weighted by molar-refractivity contribution is 9.10. The Labute approximate surface area is 145 Å². The fourth-order valence-corrected chi connectivity index (χ4v) is 4.29. The van der Waals surface area contributed by atoms with Crippen LogP contribution in [0.15, 0.2) is 33.7 Å². The average Bonchev–Trinajstić information content (AvgIpc) is 3.02. The quantitative estimate of drug-likeness (QED) is 0.644. The van der Waals surface area contributed by atoms with Crippen molar-refractivity contribution in [2.75, 3.05) is 49.1 Å². The van der Waals surface area contributed by atoms with Crippen LogP contribution in [0.25, 0.3) is 0 Å². The molecule has 2 aliphatic rings. The van der Waals surface area contributed by atoms with Crippen molar-refractivity contribution in [3.05, 3.63) is 28.7 Å². The summed E-state index contributed by atoms with van der Waals surface area (Å²) in [7, 11) is 0. The van der Waals surface area contributed by atoms with E-state index in [9.17, 15) is 0 Å². The molecule has 1 unspecified atom stereocenters. The summed E-state index contributed by atoms with van der Waals surface area (Å²) in [5.41, 5.74) is 7.43. The molecule has 2 heterocycles. The second-order valence-corrected chi connectivity index (χ2v) is 8.02. The number of nitrogens with zero attached hydrogens (tertiary/aromatic N) is 3. The Morgan fingerprint density at radius 3 is 2.91 bits per heavy atom. The first-order valence-electron chi connectivity index (χ1n) is 7.85. The van der Waals surface area contributed by atoms with E-state index in [4.69, 9.17) is 5.73 Å². The summed E-state index contributed by atoms with van der Waals surface area (Å²) in [6.07, 6.45) is 1.19. The van der Waals surface area contributed by atoms with Gasteiger partial charge in [0.05, 0.1) is 0 Å². The highest BCUT2D eigenvalue weighted by atomic mass is 79.9. The van der Waals surface area contributed by atoms with Crippen LogP contribution >= 0.6 is 27.7 Å². The van der Waals surface area contributed by atoms with Crippen LogP contribution in [0.3, 0.4) is 0 Å². The van der Waals surface area contributed by atoms with Gasteiger partial charge in [-0.25, -0.2) is 0 Å². The Balaban J connectivity index is 1.52. The molecule has 3 rings (SSSR count). The molecule has 0 saturated carbocycles. The summed E-state index contributed by atoms with van der Waals surface area (Å²) in [4.78, 5) is 9.31. The van der Waals surface area contributed by atoms with Gasteiger partial charge in [0.1, 0.15) is 0 Å². The van der Waals surface area contributed by atoms with Crippen molar-refractivity contribution in [2.45, 2.75) is 6.42 Å². The zero-order chi connectivity index (χ0) is 15.4. The van der Waals surface area contributed by atoms with Crippen molar-refractivity contribution >= 4 is 39.3 Å². The lowest BCUT2D eigenvalue weighted by Crippen LogP contribution is -2.43. The molecule has 0 bridgehead atoms. The van der Waals surface area contributed by atoms with E-state index in [2.05, 4.69) is 55.0 Å². The van der Waals surface area contributed by atoms with E-state index in [1.807, 2.05) is 11.8 Å². The summed E-state index contributed by atoms with van der Waals surface area (Å²) in [6.45, 7) is 5.10. The van der Waals surface area contributed by atoms with Gasteiger partial charge in [-0.1, -0.05) is 22.0 Å². The highest BCUT2D eigenvalue weighted by Crippen LogP contribution is 2.26. The summed E-state index contributed by atoms with van der Waals surface area (Å²) in [5, 5.41) is 0. The van der Waals surface area contributed by atoms with Gasteiger partial charge in [-0.05, 0) is 30.5 Å². The van der Waals surface area contributed by atoms with Gasteiger partial charge in [-0.3, -0.25) is 4.99 Å². The van der Waals surface area contributed by atoms with Crippen LogP contribution in [0.5, 0.6) is 0 Å². The maximum atomic E-state index is 6.14. The standard InChI is InChI=1S/C16H23BrN4S/c17-14-2-1-3-15(10-14)21-5-4-13(12-21)11-19-16(18)20-6-8-22-9-7-20/h1-3,10,13H,4-9,11-12H2,(H2,18,19). The number of nitrogens with two attached hydrogens (primary N) is 1. The van der Waals surface area contributed by atoms with Crippen LogP contribution in [0.1, 0.15) is 6.42 Å². The summed E-state index contributed by atoms with van der Waals surface area (Å²) >= 11 is 5.54. The molecule has 6 heteroatoms. The van der Waals surface area contributed by atoms with E-state index < -0.39 is 0 Å². The first kappa shape index (κ1) is 16.0. The average molecular weight is 383 g/mol. The number of anilines is 1. The second-order valence-electron chi connectivity index (χ2n) is 5.88. The molecule has 1 aromatic rings. The maximum Gasteiger partial charge on any atom is 0.191 e. The third-order valence-corrected chi connectivity index (χ3v) is 5.74. The lowest BCUT2D eigenvalue weighted by Gasteiger charge is -2.27. The van der Waals surface area contributed by atoms with Crippen LogP contribution in [-0.2, 0) is 0 Å². The number of aliphatic imine (C=N–C) groups is 1. The number of hydrogen-bond donors (Lipinski definition) is 1. The smallest absolute Gasteiger partial charge is 0.191 e. The minimum atomic E-state index is 0.608. The summed E-state index contributed by atoms with van der Waals surface area (Å²) in [5.74, 6) is 3.67. The van der Waals surface area contributed by atoms with E-state index in [0.717, 1.165) is 54.7 Å². The first-order chi connectivity index (χ1) is 10.7. The molecular formula is C16H23BrN4S. The molecule has 0 radical (unpaired) electrons. The van der Waals surface area contributed by atoms with E-state index in [0.29, 0.717) is 5.92 Å². The fraction of sp³-hybridized carbons (Fsp3) is 0.562. The molecule has 2 saturated heterocycles. The van der Waals surface area contributed by atoms with Crippen LogP contribution in [0, 0.1) is 5.92 Å². The summed E-state index contributed by atoms with van der Waals surface area (Å²) in [6, 6.07) is 8.53. The van der Waals surface area contributed by atoms with Gasteiger partial charge in [-0.15, -0.1) is 0 Å². The van der Waals surface area contributed by atoms with Crippen LogP contribution in [0.4, 0.5) is 5.69 Å². The monoisotopic (exact) mass is 382 g/mol. The molecular weight excluding hydrogens is 360 g/mol. The van der Waals surface area contributed by atoms with Crippen molar-refractivity contribution in [3.63, 3.8) is 0 Å². The number of hydrogen-bond acceptors (Lipinski definition) is 3. The van der Waals surface area contributed by atoms with Gasteiger partial charge >= 0.3 is 0 Å². The normalized spacial score (nSPS) is 23.1. The van der Waals surface area contributed by atoms with E-state index in [1.54, 1.807) is 0 Å². The van der Waals surface area contributed by atoms with Crippen molar-refractivity contribution in [1.29, 1.82) is 0 Å². The van der Waals surface area contributed by atoms with Crippen molar-refractivity contribution in [3.8, 4) is 0 Å². The van der Waals surface area contributed by atoms with Crippen LogP contribution in [-0.4, -0.2) is 55.1 Å². The Kier molecular flexibility index (Phi) is 5.52. The van der Waals surface area contributed by atoms with Gasteiger partial charge in [0.15, 0.2) is 5.96 Å². The minimum Gasteiger partial charge on any atom is -0.371 e. The largest absolute Gasteiger partial charge is 0.371 e. The number of thioether (sulfide) groups is 1. The number of benzene rings is 1. The second kappa shape index (κ2) is 7.59. The first-order valence-corrected chi connectivity index (χ1v) is 9.80. The van der Waals surface area contributed by atoms with Gasteiger partial charge < -0.3 is 15.5 Å². The summed E-state index contributed by atoms with van der Waals surface area (Å²) < 4.78 is 1.14. The lowest BCUT2D eigenvalue weighted by molar-refractivity contribution is 0.452. The SMILES string of the molecule is NC(=NCC1CCN(c2cccc(Br)c2)C1)N1CCSCC1. The molecule has 22 heavy (non-hydrogen) atoms. The Hall–Kier alpha value is -0.880. The molecule has 1 atom stereocenters. The Morgan fingerprint density at radius 2 is 2.14 bits per heavy atom. The lowest BCUT2D eigenvalue weighted by atomic mass is 10.1. The van der Waals surface area contributed by atoms with Gasteiger partial charge in [0, 0.05) is 54.4 Å². The molecule has 120 valence electrons. The van der Waals surface area contributed by atoms with Crippen molar-refractivity contribution in [2.24, 2.45) is 16.6 Å². The molecule has 2 fully saturated rings. The topological polar surface area (TPSA) is 44.9 Å². The molecule has 1 aromatic carbocycles. The van der Waals surface area contributed by atoms with E-state index in [1.165, 1.54) is 12.1 Å². The minimum absolute atomic E-state index is 0.608. The molecule has 0 aliphatic carbocycles. The molecule has 0 aromatic heterocycles. The fourth-order valence-electron chi connectivity index (χ4n) is 3.00. The molecule has 4 nitrogen and oxygen atoms in total. The van der Waals surface area contributed by atoms with Crippen LogP contribution in [0.2, 0.25) is 0 Å².